The molecule has 0 aliphatic carbocycles. The molecule has 0 aromatic carbocycles. The maximum Gasteiger partial charge on any atom is 0.348 e. The summed E-state index contributed by atoms with van der Waals surface area (Å²) < 4.78 is 4.47. The van der Waals surface area contributed by atoms with E-state index in [1.807, 2.05) is 13.8 Å². The molecule has 0 saturated carbocycles. The molecule has 0 radical (unpaired) electrons. The summed E-state index contributed by atoms with van der Waals surface area (Å²) in [4.78, 5) is 11.3. The minimum atomic E-state index is -0.332. The fourth-order valence-electron chi connectivity index (χ4n) is 0.559. The van der Waals surface area contributed by atoms with Crippen molar-refractivity contribution in [2.75, 3.05) is 12.8 Å². The molecule has 0 bridgehead atoms. The third-order valence-corrected chi connectivity index (χ3v) is 1.93. The van der Waals surface area contributed by atoms with Gasteiger partial charge in [0.1, 0.15) is 4.88 Å². The molecule has 2 N–H and O–H groups in total. The van der Waals surface area contributed by atoms with Crippen molar-refractivity contribution < 1.29 is 9.53 Å². The van der Waals surface area contributed by atoms with Crippen LogP contribution in [0.2, 0.25) is 0 Å². The average Bonchev–Trinajstić information content (AvgIpc) is 2.54. The van der Waals surface area contributed by atoms with Gasteiger partial charge in [0.15, 0.2) is 0 Å². The highest BCUT2D eigenvalue weighted by Crippen LogP contribution is 2.16. The van der Waals surface area contributed by atoms with E-state index >= 15 is 0 Å². The van der Waals surface area contributed by atoms with Gasteiger partial charge in [-0.2, -0.15) is 0 Å². The molecule has 0 fully saturated rings. The van der Waals surface area contributed by atoms with E-state index in [2.05, 4.69) is 4.74 Å². The summed E-state index contributed by atoms with van der Waals surface area (Å²) in [6.45, 7) is 4.00. The van der Waals surface area contributed by atoms with Crippen molar-refractivity contribution in [3.8, 4) is 0 Å². The number of methoxy groups -OCH3 is 1. The van der Waals surface area contributed by atoms with Gasteiger partial charge in [-0.25, -0.2) is 4.79 Å². The Balaban J connectivity index is 0.000000561. The molecule has 1 heterocycles. The van der Waals surface area contributed by atoms with Gasteiger partial charge in [-0.15, -0.1) is 11.3 Å². The first-order valence-electron chi connectivity index (χ1n) is 3.66. The fourth-order valence-corrected chi connectivity index (χ4v) is 1.27. The van der Waals surface area contributed by atoms with Crippen LogP contribution in [0, 0.1) is 0 Å². The van der Waals surface area contributed by atoms with Gasteiger partial charge < -0.3 is 10.5 Å². The third-order valence-electron chi connectivity index (χ3n) is 1.01. The maximum absolute atomic E-state index is 10.8. The van der Waals surface area contributed by atoms with Crippen molar-refractivity contribution in [2.24, 2.45) is 0 Å². The Hall–Kier alpha value is -1.03. The third kappa shape index (κ3) is 2.92. The van der Waals surface area contributed by atoms with Crippen molar-refractivity contribution in [1.29, 1.82) is 0 Å². The second-order valence-corrected chi connectivity index (χ2v) is 2.65. The maximum atomic E-state index is 10.8. The molecular weight excluding hydrogens is 174 g/mol. The molecular formula is C8H13NO2S. The first kappa shape index (κ1) is 11.0. The topological polar surface area (TPSA) is 52.3 Å². The van der Waals surface area contributed by atoms with E-state index in [0.29, 0.717) is 10.6 Å². The van der Waals surface area contributed by atoms with Crippen LogP contribution in [0.15, 0.2) is 11.4 Å². The van der Waals surface area contributed by atoms with Gasteiger partial charge in [-0.1, -0.05) is 13.8 Å². The van der Waals surface area contributed by atoms with Crippen molar-refractivity contribution in [3.63, 3.8) is 0 Å². The van der Waals surface area contributed by atoms with Gasteiger partial charge in [-0.05, 0) is 6.07 Å². The summed E-state index contributed by atoms with van der Waals surface area (Å²) in [5, 5.41) is 1.70. The molecule has 1 rings (SSSR count). The number of esters is 1. The van der Waals surface area contributed by atoms with Crippen LogP contribution in [-0.4, -0.2) is 13.1 Å². The highest BCUT2D eigenvalue weighted by molar-refractivity contribution is 7.12. The largest absolute Gasteiger partial charge is 0.465 e. The van der Waals surface area contributed by atoms with Crippen LogP contribution in [0.25, 0.3) is 0 Å². The normalized spacial score (nSPS) is 8.25. The van der Waals surface area contributed by atoms with Gasteiger partial charge in [0.25, 0.3) is 0 Å². The first-order valence-corrected chi connectivity index (χ1v) is 4.54. The van der Waals surface area contributed by atoms with Crippen molar-refractivity contribution in [2.45, 2.75) is 13.8 Å². The lowest BCUT2D eigenvalue weighted by atomic mass is 10.4. The molecule has 0 unspecified atom stereocenters. The molecule has 0 aliphatic rings. The molecule has 0 saturated heterocycles. The molecule has 3 nitrogen and oxygen atoms in total. The van der Waals surface area contributed by atoms with Crippen LogP contribution in [0.3, 0.4) is 0 Å². The number of ether oxygens (including phenoxy) is 1. The Bertz CT molecular complexity index is 245. The zero-order valence-corrected chi connectivity index (χ0v) is 8.27. The number of carbonyl (C=O) groups excluding carboxylic acids is 1. The molecule has 0 amide bonds. The Morgan fingerprint density at radius 2 is 2.17 bits per heavy atom. The van der Waals surface area contributed by atoms with Crippen molar-refractivity contribution >= 4 is 23.0 Å². The molecule has 1 aromatic heterocycles. The van der Waals surface area contributed by atoms with E-state index in [9.17, 15) is 4.79 Å². The van der Waals surface area contributed by atoms with Crippen LogP contribution >= 0.6 is 11.3 Å². The van der Waals surface area contributed by atoms with Crippen LogP contribution in [0.1, 0.15) is 23.5 Å². The number of hydrogen-bond acceptors (Lipinski definition) is 4. The number of carbonyl (C=O) groups is 1. The van der Waals surface area contributed by atoms with Crippen molar-refractivity contribution in [1.82, 2.24) is 0 Å². The summed E-state index contributed by atoms with van der Waals surface area (Å²) in [5.41, 5.74) is 5.98. The standard InChI is InChI=1S/C6H7NO2S.C2H6/c1-9-6(8)5-2-4(7)3-10-5;1-2/h2-3H,7H2,1H3;1-2H3. The quantitative estimate of drug-likeness (QED) is 0.685. The molecule has 0 spiro atoms. The van der Waals surface area contributed by atoms with E-state index < -0.39 is 0 Å². The predicted molar refractivity (Wildman–Crippen MR) is 51.4 cm³/mol. The number of thiophene rings is 1. The van der Waals surface area contributed by atoms with Crippen LogP contribution in [0.4, 0.5) is 5.69 Å². The summed E-state index contributed by atoms with van der Waals surface area (Å²) >= 11 is 1.28. The Morgan fingerprint density at radius 3 is 2.50 bits per heavy atom. The fraction of sp³-hybridized carbons (Fsp3) is 0.375. The van der Waals surface area contributed by atoms with Gasteiger partial charge in [-0.3, -0.25) is 0 Å². The van der Waals surface area contributed by atoms with E-state index in [0.717, 1.165) is 0 Å². The number of hydrogen-bond donors (Lipinski definition) is 1. The van der Waals surface area contributed by atoms with E-state index in [1.165, 1.54) is 18.4 Å². The lowest BCUT2D eigenvalue weighted by molar-refractivity contribution is 0.0606. The molecule has 0 aliphatic heterocycles. The first-order chi connectivity index (χ1) is 5.74. The number of rotatable bonds is 1. The van der Waals surface area contributed by atoms with Crippen molar-refractivity contribution in [3.05, 3.63) is 16.3 Å². The second kappa shape index (κ2) is 5.60. The summed E-state index contributed by atoms with van der Waals surface area (Å²) in [5.74, 6) is -0.332. The minimum absolute atomic E-state index is 0.332. The Labute approximate surface area is 76.2 Å². The molecule has 1 aromatic rings. The lowest BCUT2D eigenvalue weighted by Gasteiger charge is -1.90. The smallest absolute Gasteiger partial charge is 0.348 e. The highest BCUT2D eigenvalue weighted by atomic mass is 32.1. The van der Waals surface area contributed by atoms with E-state index in [1.54, 1.807) is 11.4 Å². The van der Waals surface area contributed by atoms with E-state index in [4.69, 9.17) is 5.73 Å². The molecule has 12 heavy (non-hydrogen) atoms. The second-order valence-electron chi connectivity index (χ2n) is 1.74. The minimum Gasteiger partial charge on any atom is -0.465 e. The average molecular weight is 187 g/mol. The highest BCUT2D eigenvalue weighted by Gasteiger charge is 2.06. The molecule has 4 heteroatoms. The van der Waals surface area contributed by atoms with E-state index in [-0.39, 0.29) is 5.97 Å². The van der Waals surface area contributed by atoms with Gasteiger partial charge in [0.05, 0.1) is 7.11 Å². The monoisotopic (exact) mass is 187 g/mol. The zero-order valence-electron chi connectivity index (χ0n) is 7.46. The summed E-state index contributed by atoms with van der Waals surface area (Å²) in [7, 11) is 1.35. The number of anilines is 1. The predicted octanol–water partition coefficient (Wildman–Crippen LogP) is 2.14. The zero-order chi connectivity index (χ0) is 9.56. The van der Waals surface area contributed by atoms with Gasteiger partial charge >= 0.3 is 5.97 Å². The summed E-state index contributed by atoms with van der Waals surface area (Å²) in [6, 6.07) is 1.59. The number of nitrogen functional groups attached to an aromatic ring is 1. The Morgan fingerprint density at radius 1 is 1.58 bits per heavy atom. The molecule has 0 atom stereocenters. The van der Waals surface area contributed by atoms with Crippen LogP contribution in [0.5, 0.6) is 0 Å². The lowest BCUT2D eigenvalue weighted by Crippen LogP contribution is -1.97. The van der Waals surface area contributed by atoms with Gasteiger partial charge in [0.2, 0.25) is 0 Å². The Kier molecular flexibility index (Phi) is 5.12. The van der Waals surface area contributed by atoms with Crippen LogP contribution in [-0.2, 0) is 4.74 Å². The number of nitrogens with two attached hydrogens (primary N) is 1. The summed E-state index contributed by atoms with van der Waals surface area (Å²) in [6.07, 6.45) is 0. The SMILES string of the molecule is CC.COC(=O)c1cc(N)cs1. The van der Waals surface area contributed by atoms with Gasteiger partial charge in [0, 0.05) is 11.1 Å². The van der Waals surface area contributed by atoms with Crippen LogP contribution < -0.4 is 5.73 Å². The molecule has 68 valence electrons.